The summed E-state index contributed by atoms with van der Waals surface area (Å²) in [5, 5.41) is 2.64. The molecule has 0 bridgehead atoms. The van der Waals surface area contributed by atoms with Gasteiger partial charge >= 0.3 is 5.63 Å². The zero-order valence-electron chi connectivity index (χ0n) is 14.8. The Labute approximate surface area is 150 Å². The van der Waals surface area contributed by atoms with Gasteiger partial charge in [0.25, 0.3) is 0 Å². The Morgan fingerprint density at radius 3 is 2.50 bits per heavy atom. The van der Waals surface area contributed by atoms with Gasteiger partial charge in [-0.15, -0.1) is 0 Å². The molecular formula is C20H19N3O3. The van der Waals surface area contributed by atoms with E-state index in [0.29, 0.717) is 16.8 Å². The first-order valence-corrected chi connectivity index (χ1v) is 8.10. The molecule has 1 N–H and O–H groups in total. The van der Waals surface area contributed by atoms with Crippen LogP contribution in [-0.4, -0.2) is 25.0 Å². The number of amides is 1. The van der Waals surface area contributed by atoms with Crippen LogP contribution in [0.3, 0.4) is 0 Å². The van der Waals surface area contributed by atoms with Crippen molar-refractivity contribution in [2.24, 2.45) is 0 Å². The largest absolute Gasteiger partial charge is 0.419 e. The van der Waals surface area contributed by atoms with Gasteiger partial charge in [0.1, 0.15) is 11.2 Å². The number of nitrogens with one attached hydrogen (secondary N) is 1. The van der Waals surface area contributed by atoms with Crippen molar-refractivity contribution in [3.05, 3.63) is 64.1 Å². The lowest BCUT2D eigenvalue weighted by Gasteiger charge is -2.11. The van der Waals surface area contributed by atoms with Crippen LogP contribution in [0.5, 0.6) is 0 Å². The van der Waals surface area contributed by atoms with Crippen LogP contribution in [0, 0.1) is 0 Å². The van der Waals surface area contributed by atoms with Gasteiger partial charge in [0.2, 0.25) is 5.91 Å². The van der Waals surface area contributed by atoms with Crippen LogP contribution in [0.15, 0.2) is 51.7 Å². The maximum Gasteiger partial charge on any atom is 0.362 e. The van der Waals surface area contributed by atoms with Crippen LogP contribution in [0.2, 0.25) is 0 Å². The fourth-order valence-corrected chi connectivity index (χ4v) is 2.46. The fourth-order valence-electron chi connectivity index (χ4n) is 2.46. The van der Waals surface area contributed by atoms with E-state index in [0.717, 1.165) is 11.3 Å². The molecule has 3 aromatic rings. The van der Waals surface area contributed by atoms with E-state index in [1.807, 2.05) is 49.3 Å². The number of hydrogen-bond donors (Lipinski definition) is 1. The highest BCUT2D eigenvalue weighted by molar-refractivity contribution is 5.91. The Balaban J connectivity index is 1.89. The number of benzene rings is 2. The minimum atomic E-state index is -0.529. The van der Waals surface area contributed by atoms with Crippen molar-refractivity contribution in [3.63, 3.8) is 0 Å². The highest BCUT2D eigenvalue weighted by Crippen LogP contribution is 2.18. The number of carbonyl (C=O) groups is 1. The summed E-state index contributed by atoms with van der Waals surface area (Å²) in [6.07, 6.45) is 3.45. The van der Waals surface area contributed by atoms with Crippen molar-refractivity contribution in [3.8, 4) is 0 Å². The molecule has 0 unspecified atom stereocenters. The van der Waals surface area contributed by atoms with Gasteiger partial charge in [-0.25, -0.2) is 9.78 Å². The molecule has 1 heterocycles. The van der Waals surface area contributed by atoms with Gasteiger partial charge in [0.05, 0.1) is 0 Å². The van der Waals surface area contributed by atoms with E-state index < -0.39 is 5.63 Å². The lowest BCUT2D eigenvalue weighted by molar-refractivity contribution is -0.114. The topological polar surface area (TPSA) is 75.4 Å². The summed E-state index contributed by atoms with van der Waals surface area (Å²) in [4.78, 5) is 29.6. The Bertz CT molecular complexity index is 1030. The summed E-state index contributed by atoms with van der Waals surface area (Å²) in [7, 11) is 3.96. The summed E-state index contributed by atoms with van der Waals surface area (Å²) in [5.74, 6) is -0.195. The summed E-state index contributed by atoms with van der Waals surface area (Å²) < 4.78 is 5.33. The minimum Gasteiger partial charge on any atom is -0.419 e. The summed E-state index contributed by atoms with van der Waals surface area (Å²) >= 11 is 0. The van der Waals surface area contributed by atoms with Crippen molar-refractivity contribution in [2.75, 3.05) is 24.3 Å². The third-order valence-electron chi connectivity index (χ3n) is 3.78. The van der Waals surface area contributed by atoms with E-state index >= 15 is 0 Å². The SMILES string of the molecule is CC(=O)Nc1ccc2nc(C=Cc3ccc(N(C)C)cc3)c(=O)oc2c1. The molecule has 0 radical (unpaired) electrons. The van der Waals surface area contributed by atoms with Crippen molar-refractivity contribution in [1.29, 1.82) is 0 Å². The highest BCUT2D eigenvalue weighted by Gasteiger charge is 2.06. The molecule has 6 nitrogen and oxygen atoms in total. The molecule has 0 aliphatic carbocycles. The Hall–Kier alpha value is -3.41. The Morgan fingerprint density at radius 1 is 1.12 bits per heavy atom. The van der Waals surface area contributed by atoms with Gasteiger partial charge in [0, 0.05) is 38.5 Å². The molecule has 0 aliphatic heterocycles. The van der Waals surface area contributed by atoms with Crippen LogP contribution < -0.4 is 15.8 Å². The summed E-state index contributed by atoms with van der Waals surface area (Å²) in [5.41, 5.74) is 3.17. The van der Waals surface area contributed by atoms with Gasteiger partial charge in [-0.1, -0.05) is 18.2 Å². The van der Waals surface area contributed by atoms with Crippen LogP contribution in [0.1, 0.15) is 18.2 Å². The minimum absolute atomic E-state index is 0.195. The van der Waals surface area contributed by atoms with Crippen LogP contribution in [-0.2, 0) is 4.79 Å². The van der Waals surface area contributed by atoms with E-state index in [9.17, 15) is 9.59 Å². The predicted octanol–water partition coefficient (Wildman–Crippen LogP) is 3.38. The van der Waals surface area contributed by atoms with Gasteiger partial charge in [-0.05, 0) is 35.9 Å². The lowest BCUT2D eigenvalue weighted by Crippen LogP contribution is -2.08. The van der Waals surface area contributed by atoms with Crippen molar-refractivity contribution in [2.45, 2.75) is 6.92 Å². The average molecular weight is 349 g/mol. The molecule has 0 saturated heterocycles. The number of carbonyl (C=O) groups excluding carboxylic acids is 1. The molecule has 6 heteroatoms. The predicted molar refractivity (Wildman–Crippen MR) is 104 cm³/mol. The van der Waals surface area contributed by atoms with Gasteiger partial charge in [-0.2, -0.15) is 0 Å². The van der Waals surface area contributed by atoms with Crippen LogP contribution >= 0.6 is 0 Å². The van der Waals surface area contributed by atoms with Crippen molar-refractivity contribution in [1.82, 2.24) is 4.98 Å². The molecule has 1 aromatic heterocycles. The number of hydrogen-bond acceptors (Lipinski definition) is 5. The zero-order chi connectivity index (χ0) is 18.7. The van der Waals surface area contributed by atoms with E-state index in [4.69, 9.17) is 4.42 Å². The molecule has 0 aliphatic rings. The standard InChI is InChI=1S/C20H19N3O3/c1-13(24)21-15-7-11-17-19(12-15)26-20(25)18(22-17)10-6-14-4-8-16(9-5-14)23(2)3/h4-12H,1-3H3,(H,21,24). The number of nitrogens with zero attached hydrogens (tertiary/aromatic N) is 2. The Kier molecular flexibility index (Phi) is 4.84. The average Bonchev–Trinajstić information content (AvgIpc) is 2.59. The summed E-state index contributed by atoms with van der Waals surface area (Å²) in [6, 6.07) is 12.9. The molecule has 132 valence electrons. The molecular weight excluding hydrogens is 330 g/mol. The highest BCUT2D eigenvalue weighted by atomic mass is 16.4. The molecule has 0 fully saturated rings. The van der Waals surface area contributed by atoms with Crippen LogP contribution in [0.4, 0.5) is 11.4 Å². The second kappa shape index (κ2) is 7.23. The second-order valence-corrected chi connectivity index (χ2v) is 6.07. The second-order valence-electron chi connectivity index (χ2n) is 6.07. The van der Waals surface area contributed by atoms with E-state index in [2.05, 4.69) is 10.3 Å². The molecule has 1 amide bonds. The van der Waals surface area contributed by atoms with E-state index in [1.54, 1.807) is 24.3 Å². The van der Waals surface area contributed by atoms with E-state index in [-0.39, 0.29) is 11.6 Å². The van der Waals surface area contributed by atoms with Gasteiger partial charge in [0.15, 0.2) is 5.58 Å². The number of anilines is 2. The van der Waals surface area contributed by atoms with Crippen molar-refractivity contribution >= 4 is 40.5 Å². The van der Waals surface area contributed by atoms with Crippen molar-refractivity contribution < 1.29 is 9.21 Å². The molecule has 2 aromatic carbocycles. The molecule has 26 heavy (non-hydrogen) atoms. The Morgan fingerprint density at radius 2 is 1.85 bits per heavy atom. The van der Waals surface area contributed by atoms with Gasteiger partial charge in [-0.3, -0.25) is 4.79 Å². The van der Waals surface area contributed by atoms with E-state index in [1.165, 1.54) is 6.92 Å². The smallest absolute Gasteiger partial charge is 0.362 e. The first-order chi connectivity index (χ1) is 12.4. The third-order valence-corrected chi connectivity index (χ3v) is 3.78. The quantitative estimate of drug-likeness (QED) is 0.781. The number of aromatic nitrogens is 1. The first kappa shape index (κ1) is 17.4. The maximum absolute atomic E-state index is 12.2. The van der Waals surface area contributed by atoms with Gasteiger partial charge < -0.3 is 14.6 Å². The zero-order valence-corrected chi connectivity index (χ0v) is 14.8. The molecule has 3 rings (SSSR count). The first-order valence-electron chi connectivity index (χ1n) is 8.10. The molecule has 0 spiro atoms. The molecule has 0 atom stereocenters. The monoisotopic (exact) mass is 349 g/mol. The fraction of sp³-hybridized carbons (Fsp3) is 0.150. The molecule has 0 saturated carbocycles. The normalized spacial score (nSPS) is 11.0. The lowest BCUT2D eigenvalue weighted by atomic mass is 10.2. The summed E-state index contributed by atoms with van der Waals surface area (Å²) in [6.45, 7) is 1.41. The maximum atomic E-state index is 12.2. The third kappa shape index (κ3) is 3.97. The number of fused-ring (bicyclic) bond motifs is 1. The number of rotatable bonds is 4. The van der Waals surface area contributed by atoms with Crippen LogP contribution in [0.25, 0.3) is 23.3 Å².